The Hall–Kier alpha value is -2.46. The van der Waals surface area contributed by atoms with E-state index in [0.717, 1.165) is 28.8 Å². The fourth-order valence-electron chi connectivity index (χ4n) is 3.02. The summed E-state index contributed by atoms with van der Waals surface area (Å²) in [5.74, 6) is -0.203. The van der Waals surface area contributed by atoms with Crippen LogP contribution in [0.3, 0.4) is 0 Å². The van der Waals surface area contributed by atoms with Gasteiger partial charge in [-0.05, 0) is 55.2 Å². The van der Waals surface area contributed by atoms with Crippen molar-refractivity contribution in [1.29, 1.82) is 0 Å². The monoisotopic (exact) mass is 337 g/mol. The lowest BCUT2D eigenvalue weighted by Gasteiger charge is -2.17. The van der Waals surface area contributed by atoms with Crippen molar-refractivity contribution in [2.75, 3.05) is 0 Å². The second-order valence-corrected chi connectivity index (χ2v) is 6.46. The average Bonchev–Trinajstić information content (AvgIpc) is 3.08. The molecule has 130 valence electrons. The van der Waals surface area contributed by atoms with E-state index in [1.165, 1.54) is 23.3 Å². The van der Waals surface area contributed by atoms with Gasteiger partial charge >= 0.3 is 0 Å². The zero-order chi connectivity index (χ0) is 17.8. The Morgan fingerprint density at radius 2 is 1.84 bits per heavy atom. The van der Waals surface area contributed by atoms with Crippen LogP contribution in [0.15, 0.2) is 48.7 Å². The van der Waals surface area contributed by atoms with Crippen LogP contribution in [0.5, 0.6) is 0 Å². The van der Waals surface area contributed by atoms with E-state index >= 15 is 0 Å². The lowest BCUT2D eigenvalue weighted by atomic mass is 10.0. The first-order valence-electron chi connectivity index (χ1n) is 8.67. The summed E-state index contributed by atoms with van der Waals surface area (Å²) in [7, 11) is 0. The molecule has 0 spiro atoms. The molecule has 0 aliphatic carbocycles. The maximum atomic E-state index is 13.1. The topological polar surface area (TPSA) is 40.7 Å². The molecule has 0 unspecified atom stereocenters. The Bertz CT molecular complexity index is 837. The fourth-order valence-corrected chi connectivity index (χ4v) is 3.02. The second-order valence-electron chi connectivity index (χ2n) is 6.46. The molecule has 0 aliphatic rings. The van der Waals surface area contributed by atoms with Gasteiger partial charge in [0.25, 0.3) is 0 Å². The Morgan fingerprint density at radius 3 is 2.52 bits per heavy atom. The van der Waals surface area contributed by atoms with Gasteiger partial charge in [-0.25, -0.2) is 4.39 Å². The molecule has 1 aromatic heterocycles. The summed E-state index contributed by atoms with van der Waals surface area (Å²) >= 11 is 0. The predicted octanol–water partition coefficient (Wildman–Crippen LogP) is 5.07. The van der Waals surface area contributed by atoms with E-state index in [1.807, 2.05) is 18.3 Å². The van der Waals surface area contributed by atoms with Crippen LogP contribution in [0.1, 0.15) is 41.6 Å². The van der Waals surface area contributed by atoms with E-state index in [-0.39, 0.29) is 11.9 Å². The second kappa shape index (κ2) is 7.62. The number of nitrogens with zero attached hydrogens (tertiary/aromatic N) is 1. The number of H-pyrrole nitrogens is 1. The van der Waals surface area contributed by atoms with E-state index < -0.39 is 0 Å². The highest BCUT2D eigenvalue weighted by Gasteiger charge is 2.12. The summed E-state index contributed by atoms with van der Waals surface area (Å²) in [5, 5.41) is 10.9. The van der Waals surface area contributed by atoms with Gasteiger partial charge in [0, 0.05) is 23.7 Å². The molecule has 0 aliphatic heterocycles. The number of aromatic nitrogens is 2. The summed E-state index contributed by atoms with van der Waals surface area (Å²) in [4.78, 5) is 0. The number of hydrogen-bond acceptors (Lipinski definition) is 2. The van der Waals surface area contributed by atoms with E-state index in [9.17, 15) is 4.39 Å². The van der Waals surface area contributed by atoms with Crippen molar-refractivity contribution < 1.29 is 4.39 Å². The molecule has 25 heavy (non-hydrogen) atoms. The van der Waals surface area contributed by atoms with Crippen LogP contribution in [-0.4, -0.2) is 10.2 Å². The first kappa shape index (κ1) is 17.4. The minimum Gasteiger partial charge on any atom is -0.306 e. The van der Waals surface area contributed by atoms with Crippen LogP contribution in [0.4, 0.5) is 4.39 Å². The summed E-state index contributed by atoms with van der Waals surface area (Å²) < 4.78 is 13.1. The van der Waals surface area contributed by atoms with Gasteiger partial charge in [0.1, 0.15) is 5.82 Å². The lowest BCUT2D eigenvalue weighted by molar-refractivity contribution is 0.518. The molecule has 3 aromatic rings. The maximum Gasteiger partial charge on any atom is 0.123 e. The molecule has 0 fully saturated rings. The molecule has 4 heteroatoms. The highest BCUT2D eigenvalue weighted by Crippen LogP contribution is 2.25. The van der Waals surface area contributed by atoms with Gasteiger partial charge < -0.3 is 5.32 Å². The summed E-state index contributed by atoms with van der Waals surface area (Å²) in [6.45, 7) is 7.06. The Morgan fingerprint density at radius 1 is 1.08 bits per heavy atom. The van der Waals surface area contributed by atoms with E-state index in [2.05, 4.69) is 54.5 Å². The average molecular weight is 337 g/mol. The van der Waals surface area contributed by atoms with Gasteiger partial charge in [0.05, 0.1) is 11.9 Å². The zero-order valence-electron chi connectivity index (χ0n) is 14.9. The highest BCUT2D eigenvalue weighted by atomic mass is 19.1. The SMILES string of the molecule is CC[C@H](NCc1cn[nH]c1-c1ccc(C)c(C)c1)c1ccc(F)cc1. The molecule has 1 atom stereocenters. The van der Waals surface area contributed by atoms with E-state index in [1.54, 1.807) is 0 Å². The van der Waals surface area contributed by atoms with E-state index in [0.29, 0.717) is 6.54 Å². The van der Waals surface area contributed by atoms with Crippen molar-refractivity contribution in [2.24, 2.45) is 0 Å². The molecule has 0 amide bonds. The van der Waals surface area contributed by atoms with Crippen LogP contribution < -0.4 is 5.32 Å². The van der Waals surface area contributed by atoms with Gasteiger partial charge in [0.2, 0.25) is 0 Å². The van der Waals surface area contributed by atoms with Crippen molar-refractivity contribution >= 4 is 0 Å². The third kappa shape index (κ3) is 3.97. The molecule has 2 N–H and O–H groups in total. The first-order chi connectivity index (χ1) is 12.1. The van der Waals surface area contributed by atoms with Gasteiger partial charge in [0.15, 0.2) is 0 Å². The smallest absolute Gasteiger partial charge is 0.123 e. The Labute approximate surface area is 148 Å². The largest absolute Gasteiger partial charge is 0.306 e. The highest BCUT2D eigenvalue weighted by molar-refractivity contribution is 5.64. The fraction of sp³-hybridized carbons (Fsp3) is 0.286. The van der Waals surface area contributed by atoms with Crippen molar-refractivity contribution in [3.05, 3.63) is 76.7 Å². The van der Waals surface area contributed by atoms with Crippen molar-refractivity contribution in [2.45, 2.75) is 39.8 Å². The molecule has 0 saturated carbocycles. The molecule has 1 heterocycles. The maximum absolute atomic E-state index is 13.1. The van der Waals surface area contributed by atoms with Gasteiger partial charge in [-0.2, -0.15) is 5.10 Å². The van der Waals surface area contributed by atoms with Gasteiger partial charge in [-0.3, -0.25) is 5.10 Å². The van der Waals surface area contributed by atoms with Crippen LogP contribution in [0, 0.1) is 19.7 Å². The van der Waals surface area contributed by atoms with Crippen LogP contribution >= 0.6 is 0 Å². The molecule has 0 bridgehead atoms. The van der Waals surface area contributed by atoms with Crippen molar-refractivity contribution in [3.63, 3.8) is 0 Å². The third-order valence-electron chi connectivity index (χ3n) is 4.73. The lowest BCUT2D eigenvalue weighted by Crippen LogP contribution is -2.20. The normalized spacial score (nSPS) is 12.3. The number of aromatic amines is 1. The molecular formula is C21H24FN3. The predicted molar refractivity (Wildman–Crippen MR) is 99.8 cm³/mol. The number of rotatable bonds is 6. The quantitative estimate of drug-likeness (QED) is 0.659. The van der Waals surface area contributed by atoms with Crippen molar-refractivity contribution in [3.8, 4) is 11.3 Å². The van der Waals surface area contributed by atoms with Crippen molar-refractivity contribution in [1.82, 2.24) is 15.5 Å². The summed E-state index contributed by atoms with van der Waals surface area (Å²) in [6.07, 6.45) is 2.80. The molecule has 2 aromatic carbocycles. The summed E-state index contributed by atoms with van der Waals surface area (Å²) in [6, 6.07) is 13.3. The molecular weight excluding hydrogens is 313 g/mol. The third-order valence-corrected chi connectivity index (χ3v) is 4.73. The Kier molecular flexibility index (Phi) is 5.29. The number of aryl methyl sites for hydroxylation is 2. The number of halogens is 1. The van der Waals surface area contributed by atoms with Gasteiger partial charge in [-0.15, -0.1) is 0 Å². The molecule has 0 saturated heterocycles. The van der Waals surface area contributed by atoms with Crippen LogP contribution in [0.2, 0.25) is 0 Å². The number of hydrogen-bond donors (Lipinski definition) is 2. The zero-order valence-corrected chi connectivity index (χ0v) is 14.9. The first-order valence-corrected chi connectivity index (χ1v) is 8.67. The minimum atomic E-state index is -0.203. The Balaban J connectivity index is 1.76. The molecule has 3 nitrogen and oxygen atoms in total. The molecule has 0 radical (unpaired) electrons. The molecule has 3 rings (SSSR count). The number of nitrogens with one attached hydrogen (secondary N) is 2. The summed E-state index contributed by atoms with van der Waals surface area (Å²) in [5.41, 5.74) is 6.97. The van der Waals surface area contributed by atoms with Crippen LogP contribution in [-0.2, 0) is 6.54 Å². The van der Waals surface area contributed by atoms with E-state index in [4.69, 9.17) is 0 Å². The van der Waals surface area contributed by atoms with Gasteiger partial charge in [-0.1, -0.05) is 31.2 Å². The number of benzene rings is 2. The standard InChI is InChI=1S/C21H24FN3/c1-4-20(16-7-9-19(22)10-8-16)23-12-18-13-24-25-21(18)17-6-5-14(2)15(3)11-17/h5-11,13,20,23H,4,12H2,1-3H3,(H,24,25)/t20-/m0/s1. The van der Waals surface area contributed by atoms with Crippen LogP contribution in [0.25, 0.3) is 11.3 Å². The minimum absolute atomic E-state index is 0.183.